The number of hydrogen-bond donors (Lipinski definition) is 2. The molecule has 0 saturated carbocycles. The Hall–Kier alpha value is -2.69. The van der Waals surface area contributed by atoms with E-state index >= 15 is 0 Å². The minimum Gasteiger partial charge on any atom is -0.497 e. The second-order valence-electron chi connectivity index (χ2n) is 4.48. The number of amides is 1. The third-order valence-electron chi connectivity index (χ3n) is 3.13. The minimum atomic E-state index is -0.427. The second kappa shape index (κ2) is 6.65. The molecular weight excluding hydrogens is 268 g/mol. The van der Waals surface area contributed by atoms with Gasteiger partial charge in [0, 0.05) is 18.2 Å². The van der Waals surface area contributed by atoms with E-state index in [1.54, 1.807) is 26.4 Å². The van der Waals surface area contributed by atoms with E-state index in [4.69, 9.17) is 15.2 Å². The van der Waals surface area contributed by atoms with E-state index in [0.717, 1.165) is 22.7 Å². The van der Waals surface area contributed by atoms with Gasteiger partial charge in [0.25, 0.3) is 0 Å². The SMILES string of the molecule is COc1ccc(OC)c(NCc2ccc(C(N)=O)cc2)c1. The second-order valence-corrected chi connectivity index (χ2v) is 4.48. The first-order valence-corrected chi connectivity index (χ1v) is 6.48. The van der Waals surface area contributed by atoms with Crippen molar-refractivity contribution in [2.75, 3.05) is 19.5 Å². The maximum atomic E-state index is 11.0. The number of carbonyl (C=O) groups is 1. The molecule has 0 aliphatic rings. The van der Waals surface area contributed by atoms with Crippen LogP contribution in [0.4, 0.5) is 5.69 Å². The molecule has 2 aromatic carbocycles. The number of hydrogen-bond acceptors (Lipinski definition) is 4. The summed E-state index contributed by atoms with van der Waals surface area (Å²) in [7, 11) is 3.24. The van der Waals surface area contributed by atoms with E-state index in [9.17, 15) is 4.79 Å². The van der Waals surface area contributed by atoms with Crippen LogP contribution in [0.1, 0.15) is 15.9 Å². The van der Waals surface area contributed by atoms with E-state index < -0.39 is 5.91 Å². The number of nitrogens with one attached hydrogen (secondary N) is 1. The van der Waals surface area contributed by atoms with Crippen molar-refractivity contribution in [3.63, 3.8) is 0 Å². The summed E-state index contributed by atoms with van der Waals surface area (Å²) in [6.45, 7) is 0.600. The van der Waals surface area contributed by atoms with Crippen LogP contribution in [0.15, 0.2) is 42.5 Å². The zero-order valence-corrected chi connectivity index (χ0v) is 12.1. The molecule has 21 heavy (non-hydrogen) atoms. The summed E-state index contributed by atoms with van der Waals surface area (Å²) in [6.07, 6.45) is 0. The molecule has 3 N–H and O–H groups in total. The molecule has 5 heteroatoms. The van der Waals surface area contributed by atoms with Gasteiger partial charge in [-0.15, -0.1) is 0 Å². The van der Waals surface area contributed by atoms with E-state index in [1.807, 2.05) is 30.3 Å². The first-order chi connectivity index (χ1) is 10.1. The summed E-state index contributed by atoms with van der Waals surface area (Å²) in [5.41, 5.74) is 7.59. The fourth-order valence-corrected chi connectivity index (χ4v) is 1.94. The summed E-state index contributed by atoms with van der Waals surface area (Å²) >= 11 is 0. The van der Waals surface area contributed by atoms with Crippen LogP contribution in [0.5, 0.6) is 11.5 Å². The molecule has 0 heterocycles. The van der Waals surface area contributed by atoms with Crippen LogP contribution in [0.3, 0.4) is 0 Å². The predicted octanol–water partition coefficient (Wildman–Crippen LogP) is 2.41. The molecule has 110 valence electrons. The lowest BCUT2D eigenvalue weighted by Gasteiger charge is -2.12. The van der Waals surface area contributed by atoms with Gasteiger partial charge < -0.3 is 20.5 Å². The molecule has 0 fully saturated rings. The van der Waals surface area contributed by atoms with Gasteiger partial charge in [0.1, 0.15) is 11.5 Å². The number of ether oxygens (including phenoxy) is 2. The topological polar surface area (TPSA) is 73.6 Å². The summed E-state index contributed by atoms with van der Waals surface area (Å²) in [5.74, 6) is 1.07. The highest BCUT2D eigenvalue weighted by molar-refractivity contribution is 5.92. The molecule has 0 unspecified atom stereocenters. The zero-order chi connectivity index (χ0) is 15.2. The molecule has 0 atom stereocenters. The molecule has 0 bridgehead atoms. The largest absolute Gasteiger partial charge is 0.497 e. The summed E-state index contributed by atoms with van der Waals surface area (Å²) < 4.78 is 10.5. The number of rotatable bonds is 6. The number of primary amides is 1. The summed E-state index contributed by atoms with van der Waals surface area (Å²) in [5, 5.41) is 3.28. The normalized spacial score (nSPS) is 10.0. The highest BCUT2D eigenvalue weighted by Crippen LogP contribution is 2.29. The molecule has 5 nitrogen and oxygen atoms in total. The van der Waals surface area contributed by atoms with Gasteiger partial charge in [-0.05, 0) is 29.8 Å². The third-order valence-corrected chi connectivity index (χ3v) is 3.13. The van der Waals surface area contributed by atoms with Gasteiger partial charge in [0.05, 0.1) is 19.9 Å². The highest BCUT2D eigenvalue weighted by Gasteiger charge is 2.05. The number of benzene rings is 2. The molecule has 2 rings (SSSR count). The van der Waals surface area contributed by atoms with E-state index in [1.165, 1.54) is 0 Å². The smallest absolute Gasteiger partial charge is 0.248 e. The average Bonchev–Trinajstić information content (AvgIpc) is 2.52. The molecule has 1 amide bonds. The number of methoxy groups -OCH3 is 2. The van der Waals surface area contributed by atoms with Gasteiger partial charge in [-0.1, -0.05) is 12.1 Å². The fourth-order valence-electron chi connectivity index (χ4n) is 1.94. The fraction of sp³-hybridized carbons (Fsp3) is 0.188. The van der Waals surface area contributed by atoms with Crippen molar-refractivity contribution in [2.24, 2.45) is 5.73 Å². The first-order valence-electron chi connectivity index (χ1n) is 6.48. The standard InChI is InChI=1S/C16H18N2O3/c1-20-13-7-8-15(21-2)14(9-13)18-10-11-3-5-12(6-4-11)16(17)19/h3-9,18H,10H2,1-2H3,(H2,17,19). The lowest BCUT2D eigenvalue weighted by Crippen LogP contribution is -2.10. The third kappa shape index (κ3) is 3.66. The van der Waals surface area contributed by atoms with Crippen LogP contribution in [-0.4, -0.2) is 20.1 Å². The Kier molecular flexibility index (Phi) is 4.66. The van der Waals surface area contributed by atoms with E-state index in [0.29, 0.717) is 12.1 Å². The molecule has 0 radical (unpaired) electrons. The van der Waals surface area contributed by atoms with Gasteiger partial charge in [0.2, 0.25) is 5.91 Å². The maximum Gasteiger partial charge on any atom is 0.248 e. The highest BCUT2D eigenvalue weighted by atomic mass is 16.5. The number of carbonyl (C=O) groups excluding carboxylic acids is 1. The van der Waals surface area contributed by atoms with Crippen LogP contribution in [0, 0.1) is 0 Å². The van der Waals surface area contributed by atoms with Gasteiger partial charge in [-0.25, -0.2) is 0 Å². The number of anilines is 1. The van der Waals surface area contributed by atoms with Crippen molar-refractivity contribution < 1.29 is 14.3 Å². The Labute approximate surface area is 123 Å². The molecule has 0 aliphatic heterocycles. The molecule has 2 aromatic rings. The van der Waals surface area contributed by atoms with Crippen LogP contribution >= 0.6 is 0 Å². The van der Waals surface area contributed by atoms with Gasteiger partial charge >= 0.3 is 0 Å². The summed E-state index contributed by atoms with van der Waals surface area (Å²) in [6, 6.07) is 12.7. The minimum absolute atomic E-state index is 0.427. The maximum absolute atomic E-state index is 11.0. The molecule has 0 aromatic heterocycles. The molecule has 0 aliphatic carbocycles. The lowest BCUT2D eigenvalue weighted by molar-refractivity contribution is 0.100. The van der Waals surface area contributed by atoms with Crippen LogP contribution in [-0.2, 0) is 6.54 Å². The van der Waals surface area contributed by atoms with Crippen molar-refractivity contribution in [3.8, 4) is 11.5 Å². The lowest BCUT2D eigenvalue weighted by atomic mass is 10.1. The average molecular weight is 286 g/mol. The van der Waals surface area contributed by atoms with Gasteiger partial charge in [0.15, 0.2) is 0 Å². The Morgan fingerprint density at radius 2 is 1.81 bits per heavy atom. The van der Waals surface area contributed by atoms with Crippen LogP contribution in [0.25, 0.3) is 0 Å². The quantitative estimate of drug-likeness (QED) is 0.855. The molecule has 0 saturated heterocycles. The molecule has 0 spiro atoms. The van der Waals surface area contributed by atoms with Gasteiger partial charge in [-0.3, -0.25) is 4.79 Å². The van der Waals surface area contributed by atoms with Crippen LogP contribution < -0.4 is 20.5 Å². The Morgan fingerprint density at radius 3 is 2.38 bits per heavy atom. The predicted molar refractivity (Wildman–Crippen MR) is 81.8 cm³/mol. The van der Waals surface area contributed by atoms with Crippen LogP contribution in [0.2, 0.25) is 0 Å². The van der Waals surface area contributed by atoms with Crippen molar-refractivity contribution in [3.05, 3.63) is 53.6 Å². The van der Waals surface area contributed by atoms with Gasteiger partial charge in [-0.2, -0.15) is 0 Å². The monoisotopic (exact) mass is 286 g/mol. The summed E-state index contributed by atoms with van der Waals surface area (Å²) in [4.78, 5) is 11.0. The van der Waals surface area contributed by atoms with Crippen molar-refractivity contribution >= 4 is 11.6 Å². The van der Waals surface area contributed by atoms with Crippen molar-refractivity contribution in [1.82, 2.24) is 0 Å². The zero-order valence-electron chi connectivity index (χ0n) is 12.1. The van der Waals surface area contributed by atoms with Crippen molar-refractivity contribution in [1.29, 1.82) is 0 Å². The first kappa shape index (κ1) is 14.7. The molecular formula is C16H18N2O3. The Balaban J connectivity index is 2.10. The van der Waals surface area contributed by atoms with E-state index in [-0.39, 0.29) is 0 Å². The Morgan fingerprint density at radius 1 is 1.10 bits per heavy atom. The Bertz CT molecular complexity index is 624. The van der Waals surface area contributed by atoms with Crippen molar-refractivity contribution in [2.45, 2.75) is 6.54 Å². The number of nitrogens with two attached hydrogens (primary N) is 1. The van der Waals surface area contributed by atoms with E-state index in [2.05, 4.69) is 5.32 Å².